The van der Waals surface area contributed by atoms with Crippen LogP contribution in [0.3, 0.4) is 0 Å². The van der Waals surface area contributed by atoms with Crippen LogP contribution in [-0.4, -0.2) is 16.6 Å². The maximum absolute atomic E-state index is 12.3. The number of Topliss-reactive ketones (excluding diaryl/α,β-unsaturated/α-hetero) is 1. The van der Waals surface area contributed by atoms with Gasteiger partial charge in [0.15, 0.2) is 5.78 Å². The van der Waals surface area contributed by atoms with Gasteiger partial charge >= 0.3 is 5.51 Å². The first-order valence-corrected chi connectivity index (χ1v) is 7.50. The molecule has 0 fully saturated rings. The highest BCUT2D eigenvalue weighted by molar-refractivity contribution is 14.1. The molecule has 0 aliphatic rings. The predicted molar refractivity (Wildman–Crippen MR) is 73.8 cm³/mol. The van der Waals surface area contributed by atoms with Crippen LogP contribution in [0.1, 0.15) is 16.8 Å². The van der Waals surface area contributed by atoms with Crippen molar-refractivity contribution in [2.75, 3.05) is 5.33 Å². The number of rotatable bonds is 4. The van der Waals surface area contributed by atoms with Gasteiger partial charge < -0.3 is 0 Å². The van der Waals surface area contributed by atoms with Crippen molar-refractivity contribution in [3.05, 3.63) is 27.3 Å². The summed E-state index contributed by atoms with van der Waals surface area (Å²) in [5.74, 6) is -0.157. The molecule has 0 saturated carbocycles. The first kappa shape index (κ1) is 15.3. The third-order valence-corrected chi connectivity index (χ3v) is 4.53. The standard InChI is InChI=1S/C10H7BrF3IOS/c11-5-4-7(16)6-2-1-3-8(9(6)15)17-10(12,13)14/h1-3H,4-5H2. The van der Waals surface area contributed by atoms with E-state index in [1.807, 2.05) is 0 Å². The second-order valence-corrected chi connectivity index (χ2v) is 6.01. The van der Waals surface area contributed by atoms with E-state index in [9.17, 15) is 18.0 Å². The third-order valence-electron chi connectivity index (χ3n) is 1.81. The lowest BCUT2D eigenvalue weighted by Gasteiger charge is -2.10. The molecule has 1 aromatic carbocycles. The maximum Gasteiger partial charge on any atom is 0.446 e. The van der Waals surface area contributed by atoms with Gasteiger partial charge in [0.05, 0.1) is 0 Å². The normalized spacial score (nSPS) is 11.6. The SMILES string of the molecule is O=C(CCBr)c1cccc(SC(F)(F)F)c1I. The fourth-order valence-electron chi connectivity index (χ4n) is 1.15. The molecule has 0 unspecified atom stereocenters. The number of carbonyl (C=O) groups is 1. The number of ketones is 1. The number of thioether (sulfide) groups is 1. The molecule has 0 bridgehead atoms. The van der Waals surface area contributed by atoms with E-state index in [0.717, 1.165) is 0 Å². The maximum atomic E-state index is 12.3. The minimum absolute atomic E-state index is 0.0681. The van der Waals surface area contributed by atoms with Gasteiger partial charge in [-0.05, 0) is 40.4 Å². The fraction of sp³-hybridized carbons (Fsp3) is 0.300. The van der Waals surface area contributed by atoms with Crippen molar-refractivity contribution in [1.29, 1.82) is 0 Å². The lowest BCUT2D eigenvalue weighted by atomic mass is 10.1. The van der Waals surface area contributed by atoms with E-state index in [0.29, 0.717) is 14.5 Å². The highest BCUT2D eigenvalue weighted by Gasteiger charge is 2.30. The molecular weight excluding hydrogens is 432 g/mol. The van der Waals surface area contributed by atoms with Crippen LogP contribution < -0.4 is 0 Å². The first-order valence-electron chi connectivity index (χ1n) is 4.48. The molecule has 0 spiro atoms. The molecule has 0 saturated heterocycles. The Morgan fingerprint density at radius 1 is 1.41 bits per heavy atom. The number of hydrogen-bond acceptors (Lipinski definition) is 2. The van der Waals surface area contributed by atoms with E-state index in [1.165, 1.54) is 12.1 Å². The summed E-state index contributed by atoms with van der Waals surface area (Å²) in [6.07, 6.45) is 0.274. The second-order valence-electron chi connectivity index (χ2n) is 3.03. The van der Waals surface area contributed by atoms with Gasteiger partial charge in [-0.25, -0.2) is 0 Å². The zero-order chi connectivity index (χ0) is 13.1. The highest BCUT2D eigenvalue weighted by atomic mass is 127. The van der Waals surface area contributed by atoms with E-state index in [1.54, 1.807) is 28.7 Å². The zero-order valence-electron chi connectivity index (χ0n) is 8.35. The van der Waals surface area contributed by atoms with Gasteiger partial charge in [-0.1, -0.05) is 28.1 Å². The van der Waals surface area contributed by atoms with E-state index < -0.39 is 5.51 Å². The lowest BCUT2D eigenvalue weighted by Crippen LogP contribution is -2.05. The zero-order valence-corrected chi connectivity index (χ0v) is 12.9. The number of carbonyl (C=O) groups excluding carboxylic acids is 1. The molecule has 7 heteroatoms. The summed E-state index contributed by atoms with van der Waals surface area (Å²) in [5, 5.41) is 0.499. The Labute approximate surface area is 123 Å². The largest absolute Gasteiger partial charge is 0.446 e. The van der Waals surface area contributed by atoms with Gasteiger partial charge in [0.2, 0.25) is 0 Å². The van der Waals surface area contributed by atoms with Crippen LogP contribution in [0.15, 0.2) is 23.1 Å². The number of hydrogen-bond donors (Lipinski definition) is 0. The lowest BCUT2D eigenvalue weighted by molar-refractivity contribution is -0.0328. The Balaban J connectivity index is 3.03. The van der Waals surface area contributed by atoms with E-state index >= 15 is 0 Å². The highest BCUT2D eigenvalue weighted by Crippen LogP contribution is 2.39. The number of alkyl halides is 4. The Morgan fingerprint density at radius 3 is 2.59 bits per heavy atom. The molecule has 0 amide bonds. The summed E-state index contributed by atoms with van der Waals surface area (Å²) in [7, 11) is 0. The molecule has 0 atom stereocenters. The average Bonchev–Trinajstić information content (AvgIpc) is 2.19. The molecule has 0 aliphatic carbocycles. The molecule has 0 aromatic heterocycles. The van der Waals surface area contributed by atoms with Crippen LogP contribution in [0.5, 0.6) is 0 Å². The Morgan fingerprint density at radius 2 is 2.06 bits per heavy atom. The molecule has 1 rings (SSSR count). The van der Waals surface area contributed by atoms with Crippen LogP contribution in [0, 0.1) is 3.57 Å². The molecule has 0 heterocycles. The molecule has 0 aliphatic heterocycles. The van der Waals surface area contributed by atoms with Crippen LogP contribution in [0.4, 0.5) is 13.2 Å². The van der Waals surface area contributed by atoms with Crippen molar-refractivity contribution in [3.63, 3.8) is 0 Å². The molecule has 17 heavy (non-hydrogen) atoms. The van der Waals surface area contributed by atoms with Gasteiger partial charge in [0, 0.05) is 25.8 Å². The van der Waals surface area contributed by atoms with E-state index in [2.05, 4.69) is 15.9 Å². The van der Waals surface area contributed by atoms with Crippen molar-refractivity contribution in [2.24, 2.45) is 0 Å². The minimum atomic E-state index is -4.34. The van der Waals surface area contributed by atoms with Crippen molar-refractivity contribution < 1.29 is 18.0 Å². The summed E-state index contributed by atoms with van der Waals surface area (Å²) in [5.41, 5.74) is -3.99. The topological polar surface area (TPSA) is 17.1 Å². The van der Waals surface area contributed by atoms with Crippen molar-refractivity contribution in [3.8, 4) is 0 Å². The smallest absolute Gasteiger partial charge is 0.294 e. The van der Waals surface area contributed by atoms with Gasteiger partial charge in [0.25, 0.3) is 0 Å². The van der Waals surface area contributed by atoms with Crippen molar-refractivity contribution >= 4 is 56.1 Å². The van der Waals surface area contributed by atoms with Crippen LogP contribution in [0.25, 0.3) is 0 Å². The van der Waals surface area contributed by atoms with Crippen molar-refractivity contribution in [2.45, 2.75) is 16.8 Å². The summed E-state index contributed by atoms with van der Waals surface area (Å²) in [6.45, 7) is 0. The van der Waals surface area contributed by atoms with Gasteiger partial charge in [-0.2, -0.15) is 13.2 Å². The Bertz CT molecular complexity index is 423. The molecule has 94 valence electrons. The van der Waals surface area contributed by atoms with Gasteiger partial charge in [-0.3, -0.25) is 4.79 Å². The summed E-state index contributed by atoms with van der Waals surface area (Å²) >= 11 is 4.72. The predicted octanol–water partition coefficient (Wildman–Crippen LogP) is 4.87. The summed E-state index contributed by atoms with van der Waals surface area (Å²) < 4.78 is 37.2. The molecule has 1 aromatic rings. The molecule has 0 N–H and O–H groups in total. The quantitative estimate of drug-likeness (QED) is 0.288. The van der Waals surface area contributed by atoms with Crippen LogP contribution >= 0.6 is 50.3 Å². The van der Waals surface area contributed by atoms with Gasteiger partial charge in [0.1, 0.15) is 0 Å². The number of halogens is 5. The summed E-state index contributed by atoms with van der Waals surface area (Å²) in [6, 6.07) is 4.38. The Hall–Kier alpha value is 0.240. The van der Waals surface area contributed by atoms with E-state index in [4.69, 9.17) is 0 Å². The van der Waals surface area contributed by atoms with Gasteiger partial charge in [-0.15, -0.1) is 0 Å². The molecule has 1 nitrogen and oxygen atoms in total. The Kier molecular flexibility index (Phi) is 5.78. The van der Waals surface area contributed by atoms with Crippen LogP contribution in [-0.2, 0) is 0 Å². The fourth-order valence-corrected chi connectivity index (χ4v) is 3.10. The van der Waals surface area contributed by atoms with Crippen molar-refractivity contribution in [1.82, 2.24) is 0 Å². The second kappa shape index (κ2) is 6.42. The third kappa shape index (κ3) is 4.78. The van der Waals surface area contributed by atoms with Crippen LogP contribution in [0.2, 0.25) is 0 Å². The monoisotopic (exact) mass is 438 g/mol. The molecule has 0 radical (unpaired) electrons. The molecular formula is C10H7BrF3IOS. The summed E-state index contributed by atoms with van der Waals surface area (Å²) in [4.78, 5) is 11.7. The first-order chi connectivity index (χ1) is 7.85. The van der Waals surface area contributed by atoms with E-state index in [-0.39, 0.29) is 28.9 Å². The average molecular weight is 439 g/mol. The number of benzene rings is 1. The minimum Gasteiger partial charge on any atom is -0.294 e.